The normalized spacial score (nSPS) is 23.7. The zero-order valence-corrected chi connectivity index (χ0v) is 15.3. The van der Waals surface area contributed by atoms with Crippen molar-refractivity contribution in [3.8, 4) is 0 Å². The average Bonchev–Trinajstić information content (AvgIpc) is 3.46. The Hall–Kier alpha value is -2.38. The fourth-order valence-electron chi connectivity index (χ4n) is 4.22. The molecule has 0 bridgehead atoms. The number of amides is 1. The second kappa shape index (κ2) is 6.65. The molecule has 142 valence electrons. The van der Waals surface area contributed by atoms with Crippen LogP contribution in [-0.4, -0.2) is 41.6 Å². The molecule has 0 spiro atoms. The van der Waals surface area contributed by atoms with Gasteiger partial charge in [0.1, 0.15) is 0 Å². The van der Waals surface area contributed by atoms with Crippen molar-refractivity contribution in [1.29, 1.82) is 0 Å². The molecule has 5 rings (SSSR count). The van der Waals surface area contributed by atoms with E-state index in [2.05, 4.69) is 21.6 Å². The SMILES string of the molecule is O=C1CCC(n2c(=O)oc3cc(CN4CCNCC4)ccc32)C(=C2CC2)N1. The maximum absolute atomic E-state index is 12.7. The average molecular weight is 368 g/mol. The molecule has 2 N–H and O–H groups in total. The van der Waals surface area contributed by atoms with E-state index in [1.54, 1.807) is 4.57 Å². The van der Waals surface area contributed by atoms with Crippen molar-refractivity contribution in [3.05, 3.63) is 45.6 Å². The lowest BCUT2D eigenvalue weighted by atomic mass is 10.0. The van der Waals surface area contributed by atoms with Crippen LogP contribution >= 0.6 is 0 Å². The molecule has 0 radical (unpaired) electrons. The number of hydrogen-bond acceptors (Lipinski definition) is 5. The standard InChI is InChI=1S/C20H24N4O3/c25-18-6-5-16(19(22-18)14-2-3-14)24-15-4-1-13(11-17(15)27-20(24)26)12-23-9-7-21-8-10-23/h1,4,11,16,21H,2-3,5-10,12H2,(H,22,25). The number of benzene rings is 1. The molecule has 1 amide bonds. The van der Waals surface area contributed by atoms with Crippen molar-refractivity contribution in [1.82, 2.24) is 20.1 Å². The van der Waals surface area contributed by atoms with Crippen LogP contribution in [0.4, 0.5) is 0 Å². The Morgan fingerprint density at radius 2 is 1.93 bits per heavy atom. The number of allylic oxidation sites excluding steroid dienone is 2. The summed E-state index contributed by atoms with van der Waals surface area (Å²) in [6.07, 6.45) is 3.08. The van der Waals surface area contributed by atoms with Crippen LogP contribution in [0.5, 0.6) is 0 Å². The van der Waals surface area contributed by atoms with E-state index in [-0.39, 0.29) is 17.7 Å². The first-order valence-electron chi connectivity index (χ1n) is 9.78. The van der Waals surface area contributed by atoms with Crippen LogP contribution < -0.4 is 16.4 Å². The summed E-state index contributed by atoms with van der Waals surface area (Å²) in [5, 5.41) is 6.36. The highest BCUT2D eigenvalue weighted by molar-refractivity contribution is 5.80. The topological polar surface area (TPSA) is 79.5 Å². The zero-order chi connectivity index (χ0) is 18.4. The van der Waals surface area contributed by atoms with E-state index in [1.807, 2.05) is 12.1 Å². The van der Waals surface area contributed by atoms with Gasteiger partial charge in [-0.1, -0.05) is 6.07 Å². The Kier molecular flexibility index (Phi) is 4.13. The minimum atomic E-state index is -0.343. The minimum absolute atomic E-state index is 0.0415. The number of piperazine rings is 1. The largest absolute Gasteiger partial charge is 0.420 e. The van der Waals surface area contributed by atoms with Crippen molar-refractivity contribution >= 4 is 17.0 Å². The molecule has 7 nitrogen and oxygen atoms in total. The summed E-state index contributed by atoms with van der Waals surface area (Å²) in [6, 6.07) is 5.93. The Morgan fingerprint density at radius 3 is 2.70 bits per heavy atom. The van der Waals surface area contributed by atoms with Gasteiger partial charge in [-0.2, -0.15) is 0 Å². The molecular weight excluding hydrogens is 344 g/mol. The summed E-state index contributed by atoms with van der Waals surface area (Å²) < 4.78 is 7.32. The third-order valence-electron chi connectivity index (χ3n) is 5.74. The molecule has 27 heavy (non-hydrogen) atoms. The van der Waals surface area contributed by atoms with Gasteiger partial charge in [-0.15, -0.1) is 0 Å². The molecule has 1 unspecified atom stereocenters. The molecule has 3 heterocycles. The van der Waals surface area contributed by atoms with Gasteiger partial charge in [0.25, 0.3) is 0 Å². The fraction of sp³-hybridized carbons (Fsp3) is 0.500. The Labute approximate surface area is 157 Å². The number of oxazole rings is 1. The summed E-state index contributed by atoms with van der Waals surface area (Å²) in [6.45, 7) is 4.95. The molecule has 1 atom stereocenters. The monoisotopic (exact) mass is 368 g/mol. The van der Waals surface area contributed by atoms with Crippen molar-refractivity contribution in [3.63, 3.8) is 0 Å². The van der Waals surface area contributed by atoms with E-state index in [1.165, 1.54) is 5.57 Å². The van der Waals surface area contributed by atoms with Crippen LogP contribution in [0.25, 0.3) is 11.1 Å². The molecule has 1 aromatic carbocycles. The number of piperidine rings is 1. The van der Waals surface area contributed by atoms with Crippen molar-refractivity contribution in [2.75, 3.05) is 26.2 Å². The van der Waals surface area contributed by atoms with Gasteiger partial charge in [0.05, 0.1) is 11.6 Å². The van der Waals surface area contributed by atoms with Crippen molar-refractivity contribution in [2.24, 2.45) is 0 Å². The van der Waals surface area contributed by atoms with Crippen LogP contribution in [0.1, 0.15) is 37.3 Å². The quantitative estimate of drug-likeness (QED) is 0.858. The fourth-order valence-corrected chi connectivity index (χ4v) is 4.22. The lowest BCUT2D eigenvalue weighted by molar-refractivity contribution is -0.121. The van der Waals surface area contributed by atoms with E-state index in [0.717, 1.165) is 62.3 Å². The maximum atomic E-state index is 12.7. The van der Waals surface area contributed by atoms with Crippen molar-refractivity contribution < 1.29 is 9.21 Å². The van der Waals surface area contributed by atoms with Crippen molar-refractivity contribution in [2.45, 2.75) is 38.3 Å². The number of nitrogens with one attached hydrogen (secondary N) is 2. The number of carbonyl (C=O) groups is 1. The predicted molar refractivity (Wildman–Crippen MR) is 101 cm³/mol. The summed E-state index contributed by atoms with van der Waals surface area (Å²) >= 11 is 0. The van der Waals surface area contributed by atoms with Crippen LogP contribution in [0.3, 0.4) is 0 Å². The molecular formula is C20H24N4O3. The lowest BCUT2D eigenvalue weighted by Crippen LogP contribution is -2.42. The van der Waals surface area contributed by atoms with Gasteiger partial charge >= 0.3 is 5.76 Å². The van der Waals surface area contributed by atoms with Gasteiger partial charge in [0.2, 0.25) is 5.91 Å². The van der Waals surface area contributed by atoms with E-state index in [0.29, 0.717) is 18.4 Å². The summed E-state index contributed by atoms with van der Waals surface area (Å²) in [5.41, 5.74) is 4.77. The first-order chi connectivity index (χ1) is 13.2. The third kappa shape index (κ3) is 3.21. The summed E-state index contributed by atoms with van der Waals surface area (Å²) in [4.78, 5) is 26.9. The molecule has 1 saturated carbocycles. The van der Waals surface area contributed by atoms with Crippen LogP contribution in [0.15, 0.2) is 38.7 Å². The number of rotatable bonds is 3. The van der Waals surface area contributed by atoms with E-state index in [9.17, 15) is 9.59 Å². The molecule has 2 saturated heterocycles. The number of aromatic nitrogens is 1. The highest BCUT2D eigenvalue weighted by atomic mass is 16.4. The number of fused-ring (bicyclic) bond motifs is 1. The molecule has 3 aliphatic rings. The molecule has 3 fully saturated rings. The van der Waals surface area contributed by atoms with Crippen LogP contribution in [0.2, 0.25) is 0 Å². The Morgan fingerprint density at radius 1 is 1.11 bits per heavy atom. The second-order valence-corrected chi connectivity index (χ2v) is 7.69. The third-order valence-corrected chi connectivity index (χ3v) is 5.74. The van der Waals surface area contributed by atoms with Gasteiger partial charge in [0.15, 0.2) is 5.58 Å². The summed E-state index contributed by atoms with van der Waals surface area (Å²) in [5.74, 6) is -0.302. The first kappa shape index (κ1) is 16.8. The first-order valence-corrected chi connectivity index (χ1v) is 9.78. The summed E-state index contributed by atoms with van der Waals surface area (Å²) in [7, 11) is 0. The molecule has 7 heteroatoms. The predicted octanol–water partition coefficient (Wildman–Crippen LogP) is 1.50. The highest BCUT2D eigenvalue weighted by Gasteiger charge is 2.33. The highest BCUT2D eigenvalue weighted by Crippen LogP contribution is 2.39. The smallest absolute Gasteiger partial charge is 0.408 e. The number of hydrogen-bond donors (Lipinski definition) is 2. The Bertz CT molecular complexity index is 975. The Balaban J connectivity index is 1.48. The van der Waals surface area contributed by atoms with E-state index >= 15 is 0 Å². The molecule has 1 aliphatic carbocycles. The molecule has 2 aromatic rings. The van der Waals surface area contributed by atoms with Gasteiger partial charge < -0.3 is 15.1 Å². The van der Waals surface area contributed by atoms with E-state index < -0.39 is 0 Å². The van der Waals surface area contributed by atoms with Crippen LogP contribution in [-0.2, 0) is 11.3 Å². The zero-order valence-electron chi connectivity index (χ0n) is 15.3. The van der Waals surface area contributed by atoms with Gasteiger partial charge in [-0.25, -0.2) is 4.79 Å². The second-order valence-electron chi connectivity index (χ2n) is 7.69. The van der Waals surface area contributed by atoms with E-state index in [4.69, 9.17) is 4.42 Å². The van der Waals surface area contributed by atoms with Gasteiger partial charge in [-0.3, -0.25) is 14.3 Å². The van der Waals surface area contributed by atoms with Gasteiger partial charge in [0, 0.05) is 44.8 Å². The maximum Gasteiger partial charge on any atom is 0.420 e. The minimum Gasteiger partial charge on any atom is -0.408 e. The van der Waals surface area contributed by atoms with Gasteiger partial charge in [-0.05, 0) is 42.5 Å². The molecule has 2 aliphatic heterocycles. The number of carbonyl (C=O) groups excluding carboxylic acids is 1. The number of nitrogens with zero attached hydrogens (tertiary/aromatic N) is 2. The molecule has 1 aromatic heterocycles. The lowest BCUT2D eigenvalue weighted by Gasteiger charge is -2.27. The van der Waals surface area contributed by atoms with Crippen LogP contribution in [0, 0.1) is 0 Å².